The van der Waals surface area contributed by atoms with E-state index in [2.05, 4.69) is 5.32 Å². The summed E-state index contributed by atoms with van der Waals surface area (Å²) < 4.78 is 5.34. The van der Waals surface area contributed by atoms with E-state index in [0.29, 0.717) is 13.0 Å². The van der Waals surface area contributed by atoms with E-state index < -0.39 is 17.7 Å². The minimum atomic E-state index is -0.645. The van der Waals surface area contributed by atoms with Gasteiger partial charge in [-0.05, 0) is 40.2 Å². The summed E-state index contributed by atoms with van der Waals surface area (Å²) in [5, 5.41) is 3.15. The van der Waals surface area contributed by atoms with Gasteiger partial charge < -0.3 is 15.8 Å². The zero-order valence-electron chi connectivity index (χ0n) is 12.9. The summed E-state index contributed by atoms with van der Waals surface area (Å²) in [6, 6.07) is -0.812. The minimum absolute atomic E-state index is 0.166. The molecule has 0 aromatic rings. The normalized spacial score (nSPS) is 20.6. The molecule has 0 bridgehead atoms. The summed E-state index contributed by atoms with van der Waals surface area (Å²) in [5.41, 5.74) is 5.25. The van der Waals surface area contributed by atoms with Crippen LogP contribution in [0.25, 0.3) is 0 Å². The monoisotopic (exact) mass is 285 g/mol. The summed E-state index contributed by atoms with van der Waals surface area (Å²) >= 11 is 0. The maximum Gasteiger partial charge on any atom is 0.417 e. The SMILES string of the molecule is CCC[C@H](N)C(=O)N(C(=O)OC(C)(C)C)C1CCNC1. The molecule has 2 atom stereocenters. The molecule has 1 aliphatic heterocycles. The molecule has 0 spiro atoms. The Morgan fingerprint density at radius 1 is 1.45 bits per heavy atom. The van der Waals surface area contributed by atoms with Gasteiger partial charge in [0.1, 0.15) is 5.60 Å². The van der Waals surface area contributed by atoms with Crippen molar-refractivity contribution in [3.63, 3.8) is 0 Å². The molecule has 1 saturated heterocycles. The number of amides is 2. The molecule has 3 N–H and O–H groups in total. The highest BCUT2D eigenvalue weighted by Gasteiger charge is 2.36. The molecule has 2 amide bonds. The Balaban J connectivity index is 2.84. The first kappa shape index (κ1) is 16.9. The summed E-state index contributed by atoms with van der Waals surface area (Å²) in [5.74, 6) is -0.338. The van der Waals surface area contributed by atoms with Gasteiger partial charge in [0, 0.05) is 6.54 Å². The molecule has 1 heterocycles. The van der Waals surface area contributed by atoms with Crippen LogP contribution in [0.3, 0.4) is 0 Å². The van der Waals surface area contributed by atoms with Gasteiger partial charge in [-0.2, -0.15) is 0 Å². The molecular weight excluding hydrogens is 258 g/mol. The van der Waals surface area contributed by atoms with Crippen molar-refractivity contribution in [2.24, 2.45) is 5.73 Å². The van der Waals surface area contributed by atoms with E-state index in [9.17, 15) is 9.59 Å². The molecule has 116 valence electrons. The van der Waals surface area contributed by atoms with Gasteiger partial charge in [-0.25, -0.2) is 9.69 Å². The molecule has 6 nitrogen and oxygen atoms in total. The Morgan fingerprint density at radius 3 is 2.55 bits per heavy atom. The van der Waals surface area contributed by atoms with E-state index >= 15 is 0 Å². The number of ether oxygens (including phenoxy) is 1. The predicted octanol–water partition coefficient (Wildman–Crippen LogP) is 1.24. The second kappa shape index (κ2) is 7.04. The number of nitrogens with one attached hydrogen (secondary N) is 1. The van der Waals surface area contributed by atoms with Gasteiger partial charge >= 0.3 is 6.09 Å². The molecule has 1 unspecified atom stereocenters. The standard InChI is InChI=1S/C14H27N3O3/c1-5-6-11(15)12(18)17(10-7-8-16-9-10)13(19)20-14(2,3)4/h10-11,16H,5-9,15H2,1-4H3/t10?,11-/m0/s1. The van der Waals surface area contributed by atoms with Crippen LogP contribution in [0.15, 0.2) is 0 Å². The fourth-order valence-electron chi connectivity index (χ4n) is 2.20. The highest BCUT2D eigenvalue weighted by atomic mass is 16.6. The van der Waals surface area contributed by atoms with Crippen molar-refractivity contribution in [1.82, 2.24) is 10.2 Å². The number of hydrogen-bond donors (Lipinski definition) is 2. The highest BCUT2D eigenvalue weighted by Crippen LogP contribution is 2.17. The Morgan fingerprint density at radius 2 is 2.10 bits per heavy atom. The Kier molecular flexibility index (Phi) is 5.95. The third-order valence-corrected chi connectivity index (χ3v) is 3.14. The van der Waals surface area contributed by atoms with E-state index in [1.54, 1.807) is 20.8 Å². The number of rotatable bonds is 4. The van der Waals surface area contributed by atoms with Crippen LogP contribution in [0.5, 0.6) is 0 Å². The third kappa shape index (κ3) is 4.76. The van der Waals surface area contributed by atoms with Crippen molar-refractivity contribution in [3.8, 4) is 0 Å². The van der Waals surface area contributed by atoms with Gasteiger partial charge in [0.15, 0.2) is 0 Å². The average molecular weight is 285 g/mol. The number of hydrogen-bond acceptors (Lipinski definition) is 5. The van der Waals surface area contributed by atoms with E-state index in [-0.39, 0.29) is 11.9 Å². The quantitative estimate of drug-likeness (QED) is 0.812. The van der Waals surface area contributed by atoms with Crippen molar-refractivity contribution in [3.05, 3.63) is 0 Å². The van der Waals surface area contributed by atoms with E-state index in [1.807, 2.05) is 6.92 Å². The lowest BCUT2D eigenvalue weighted by Crippen LogP contribution is -2.53. The number of imide groups is 1. The maximum absolute atomic E-state index is 12.4. The fraction of sp³-hybridized carbons (Fsp3) is 0.857. The molecule has 1 fully saturated rings. The van der Waals surface area contributed by atoms with Crippen LogP contribution in [-0.2, 0) is 9.53 Å². The molecular formula is C14H27N3O3. The molecule has 0 radical (unpaired) electrons. The number of nitrogens with zero attached hydrogens (tertiary/aromatic N) is 1. The number of carbonyl (C=O) groups is 2. The van der Waals surface area contributed by atoms with Crippen LogP contribution in [0.1, 0.15) is 47.0 Å². The van der Waals surface area contributed by atoms with Gasteiger partial charge in [0.25, 0.3) is 0 Å². The lowest BCUT2D eigenvalue weighted by Gasteiger charge is -2.31. The van der Waals surface area contributed by atoms with Crippen molar-refractivity contribution < 1.29 is 14.3 Å². The molecule has 0 aromatic carbocycles. The Bertz CT molecular complexity index is 346. The molecule has 6 heteroatoms. The number of nitrogens with two attached hydrogens (primary N) is 1. The zero-order valence-corrected chi connectivity index (χ0v) is 12.9. The molecule has 20 heavy (non-hydrogen) atoms. The van der Waals surface area contributed by atoms with Gasteiger partial charge in [0.05, 0.1) is 12.1 Å². The summed E-state index contributed by atoms with van der Waals surface area (Å²) in [6.07, 6.45) is 1.52. The number of carbonyl (C=O) groups excluding carboxylic acids is 2. The lowest BCUT2D eigenvalue weighted by atomic mass is 10.1. The van der Waals surface area contributed by atoms with Gasteiger partial charge in [0.2, 0.25) is 5.91 Å². The van der Waals surface area contributed by atoms with Crippen LogP contribution < -0.4 is 11.1 Å². The minimum Gasteiger partial charge on any atom is -0.443 e. The van der Waals surface area contributed by atoms with E-state index in [1.165, 1.54) is 4.90 Å². The molecule has 0 aromatic heterocycles. The highest BCUT2D eigenvalue weighted by molar-refractivity contribution is 5.95. The summed E-state index contributed by atoms with van der Waals surface area (Å²) in [7, 11) is 0. The fourth-order valence-corrected chi connectivity index (χ4v) is 2.20. The molecule has 0 aliphatic carbocycles. The Labute approximate surface area is 121 Å². The van der Waals surface area contributed by atoms with Crippen LogP contribution in [0.4, 0.5) is 4.79 Å². The van der Waals surface area contributed by atoms with Crippen LogP contribution in [0.2, 0.25) is 0 Å². The molecule has 1 rings (SSSR count). The first-order valence-corrected chi connectivity index (χ1v) is 7.28. The van der Waals surface area contributed by atoms with Crippen LogP contribution in [-0.4, -0.2) is 47.7 Å². The second-order valence-electron chi connectivity index (χ2n) is 6.23. The van der Waals surface area contributed by atoms with Crippen molar-refractivity contribution >= 4 is 12.0 Å². The maximum atomic E-state index is 12.4. The zero-order chi connectivity index (χ0) is 15.3. The second-order valence-corrected chi connectivity index (χ2v) is 6.23. The average Bonchev–Trinajstić information content (AvgIpc) is 2.80. The van der Waals surface area contributed by atoms with Gasteiger partial charge in [-0.3, -0.25) is 4.79 Å². The van der Waals surface area contributed by atoms with Crippen molar-refractivity contribution in [2.75, 3.05) is 13.1 Å². The van der Waals surface area contributed by atoms with E-state index in [4.69, 9.17) is 10.5 Å². The van der Waals surface area contributed by atoms with Gasteiger partial charge in [-0.1, -0.05) is 13.3 Å². The Hall–Kier alpha value is -1.14. The summed E-state index contributed by atoms with van der Waals surface area (Å²) in [6.45, 7) is 8.71. The van der Waals surface area contributed by atoms with Crippen molar-refractivity contribution in [2.45, 2.75) is 64.6 Å². The van der Waals surface area contributed by atoms with E-state index in [0.717, 1.165) is 19.4 Å². The largest absolute Gasteiger partial charge is 0.443 e. The van der Waals surface area contributed by atoms with Crippen LogP contribution in [0, 0.1) is 0 Å². The van der Waals surface area contributed by atoms with Crippen LogP contribution >= 0.6 is 0 Å². The topological polar surface area (TPSA) is 84.7 Å². The predicted molar refractivity (Wildman–Crippen MR) is 77.2 cm³/mol. The van der Waals surface area contributed by atoms with Crippen molar-refractivity contribution in [1.29, 1.82) is 0 Å². The first-order chi connectivity index (χ1) is 9.26. The first-order valence-electron chi connectivity index (χ1n) is 7.28. The molecule has 1 aliphatic rings. The van der Waals surface area contributed by atoms with Gasteiger partial charge in [-0.15, -0.1) is 0 Å². The molecule has 0 saturated carbocycles. The smallest absolute Gasteiger partial charge is 0.417 e. The third-order valence-electron chi connectivity index (χ3n) is 3.14. The summed E-state index contributed by atoms with van der Waals surface area (Å²) in [4.78, 5) is 25.9. The lowest BCUT2D eigenvalue weighted by molar-refractivity contribution is -0.133.